The summed E-state index contributed by atoms with van der Waals surface area (Å²) in [5.41, 5.74) is -1.88. The molecule has 10 heteroatoms. The van der Waals surface area contributed by atoms with E-state index in [1.807, 2.05) is 0 Å². The third-order valence-electron chi connectivity index (χ3n) is 2.12. The maximum absolute atomic E-state index is 12.8. The number of rotatable bonds is 5. The second-order valence-electron chi connectivity index (χ2n) is 3.50. The van der Waals surface area contributed by atoms with E-state index in [1.54, 1.807) is 0 Å². The minimum atomic E-state index is -5.13. The van der Waals surface area contributed by atoms with Crippen LogP contribution in [0, 0.1) is 0 Å². The van der Waals surface area contributed by atoms with Crippen LogP contribution in [-0.4, -0.2) is 31.0 Å². The van der Waals surface area contributed by atoms with Gasteiger partial charge >= 0.3 is 12.3 Å². The van der Waals surface area contributed by atoms with Crippen molar-refractivity contribution in [2.45, 2.75) is 19.7 Å². The van der Waals surface area contributed by atoms with Crippen LogP contribution in [0.3, 0.4) is 0 Å². The van der Waals surface area contributed by atoms with Gasteiger partial charge in [-0.2, -0.15) is 0 Å². The molecule has 0 unspecified atom stereocenters. The van der Waals surface area contributed by atoms with Gasteiger partial charge in [-0.1, -0.05) is 0 Å². The first-order valence-electron chi connectivity index (χ1n) is 5.49. The van der Waals surface area contributed by atoms with Crippen molar-refractivity contribution in [3.63, 3.8) is 0 Å². The molecule has 118 valence electrons. The third-order valence-corrected chi connectivity index (χ3v) is 2.12. The van der Waals surface area contributed by atoms with Crippen LogP contribution in [0.15, 0.2) is 6.07 Å². The van der Waals surface area contributed by atoms with Gasteiger partial charge in [0.15, 0.2) is 11.4 Å². The smallest absolute Gasteiger partial charge is 0.491 e. The number of pyridine rings is 1. The van der Waals surface area contributed by atoms with E-state index >= 15 is 0 Å². The van der Waals surface area contributed by atoms with Crippen molar-refractivity contribution in [3.8, 4) is 11.6 Å². The molecule has 0 fully saturated rings. The second kappa shape index (κ2) is 6.55. The van der Waals surface area contributed by atoms with Crippen molar-refractivity contribution in [2.24, 2.45) is 0 Å². The summed E-state index contributed by atoms with van der Waals surface area (Å²) < 4.78 is 74.8. The first-order valence-corrected chi connectivity index (χ1v) is 5.49. The predicted molar refractivity (Wildman–Crippen MR) is 58.4 cm³/mol. The molecule has 1 rings (SSSR count). The molecule has 1 heterocycles. The Labute approximate surface area is 115 Å². The molecule has 1 aromatic rings. The standard InChI is InChI=1S/C11H10F5NO4/c1-3-20-10(18)7-5(8(12)13)4-6(19-2)9(17-7)21-11(14,15)16/h4,8H,3H2,1-2H3. The molecule has 0 N–H and O–H groups in total. The second-order valence-corrected chi connectivity index (χ2v) is 3.50. The molecule has 0 saturated carbocycles. The molecule has 0 aliphatic rings. The average molecular weight is 315 g/mol. The van der Waals surface area contributed by atoms with E-state index in [0.717, 1.165) is 7.11 Å². The highest BCUT2D eigenvalue weighted by molar-refractivity contribution is 5.89. The van der Waals surface area contributed by atoms with Gasteiger partial charge in [-0.25, -0.2) is 18.6 Å². The van der Waals surface area contributed by atoms with Gasteiger partial charge < -0.3 is 14.2 Å². The molecule has 0 aliphatic carbocycles. The highest BCUT2D eigenvalue weighted by Crippen LogP contribution is 2.35. The Morgan fingerprint density at radius 3 is 2.43 bits per heavy atom. The molecular weight excluding hydrogens is 305 g/mol. The minimum Gasteiger partial charge on any atom is -0.491 e. The fraction of sp³-hybridized carbons (Fsp3) is 0.455. The van der Waals surface area contributed by atoms with Crippen LogP contribution in [0.25, 0.3) is 0 Å². The summed E-state index contributed by atoms with van der Waals surface area (Å²) in [5.74, 6) is -3.13. The summed E-state index contributed by atoms with van der Waals surface area (Å²) in [7, 11) is 0.944. The predicted octanol–water partition coefficient (Wildman–Crippen LogP) is 3.10. The number of esters is 1. The van der Waals surface area contributed by atoms with Crippen LogP contribution in [0.4, 0.5) is 22.0 Å². The first-order chi connectivity index (χ1) is 9.69. The van der Waals surface area contributed by atoms with Gasteiger partial charge in [0.1, 0.15) is 0 Å². The number of methoxy groups -OCH3 is 1. The Morgan fingerprint density at radius 1 is 1.38 bits per heavy atom. The third kappa shape index (κ3) is 4.43. The molecule has 0 spiro atoms. The van der Waals surface area contributed by atoms with Crippen molar-refractivity contribution < 1.29 is 41.0 Å². The number of hydrogen-bond donors (Lipinski definition) is 0. The molecule has 0 atom stereocenters. The Kier molecular flexibility index (Phi) is 5.28. The summed E-state index contributed by atoms with van der Waals surface area (Å²) in [6.45, 7) is 1.24. The SMILES string of the molecule is CCOC(=O)c1nc(OC(F)(F)F)c(OC)cc1C(F)F. The molecular formula is C11H10F5NO4. The molecule has 0 aliphatic heterocycles. The van der Waals surface area contributed by atoms with Crippen molar-refractivity contribution in [1.82, 2.24) is 4.98 Å². The summed E-state index contributed by atoms with van der Waals surface area (Å²) in [6.07, 6.45) is -8.29. The van der Waals surface area contributed by atoms with E-state index in [-0.39, 0.29) is 6.61 Å². The van der Waals surface area contributed by atoms with Crippen LogP contribution in [-0.2, 0) is 4.74 Å². The molecule has 0 radical (unpaired) electrons. The Morgan fingerprint density at radius 2 is 2.00 bits per heavy atom. The van der Waals surface area contributed by atoms with E-state index in [9.17, 15) is 26.7 Å². The normalized spacial score (nSPS) is 11.4. The molecule has 0 bridgehead atoms. The van der Waals surface area contributed by atoms with Crippen LogP contribution in [0.5, 0.6) is 11.6 Å². The number of alkyl halides is 5. The van der Waals surface area contributed by atoms with Crippen LogP contribution >= 0.6 is 0 Å². The molecule has 1 aromatic heterocycles. The van der Waals surface area contributed by atoms with Crippen LogP contribution in [0.1, 0.15) is 29.4 Å². The van der Waals surface area contributed by atoms with Crippen molar-refractivity contribution in [3.05, 3.63) is 17.3 Å². The van der Waals surface area contributed by atoms with Crippen molar-refractivity contribution >= 4 is 5.97 Å². The molecule has 0 saturated heterocycles. The van der Waals surface area contributed by atoms with E-state index in [0.29, 0.717) is 6.07 Å². The lowest BCUT2D eigenvalue weighted by molar-refractivity contribution is -0.276. The van der Waals surface area contributed by atoms with Crippen molar-refractivity contribution in [1.29, 1.82) is 0 Å². The number of halogens is 5. The van der Waals surface area contributed by atoms with Gasteiger partial charge in [-0.3, -0.25) is 0 Å². The summed E-state index contributed by atoms with van der Waals surface area (Å²) in [4.78, 5) is 14.6. The topological polar surface area (TPSA) is 57.7 Å². The van der Waals surface area contributed by atoms with Crippen LogP contribution < -0.4 is 9.47 Å². The van der Waals surface area contributed by atoms with Crippen molar-refractivity contribution in [2.75, 3.05) is 13.7 Å². The summed E-state index contributed by atoms with van der Waals surface area (Å²) in [6, 6.07) is 0.547. The minimum absolute atomic E-state index is 0.162. The summed E-state index contributed by atoms with van der Waals surface area (Å²) in [5, 5.41) is 0. The van der Waals surface area contributed by atoms with Crippen LogP contribution in [0.2, 0.25) is 0 Å². The van der Waals surface area contributed by atoms with Gasteiger partial charge in [0.05, 0.1) is 19.3 Å². The fourth-order valence-corrected chi connectivity index (χ4v) is 1.35. The maximum Gasteiger partial charge on any atom is 0.574 e. The zero-order chi connectivity index (χ0) is 16.2. The monoisotopic (exact) mass is 315 g/mol. The molecule has 5 nitrogen and oxygen atoms in total. The van der Waals surface area contributed by atoms with Gasteiger partial charge in [-0.05, 0) is 13.0 Å². The van der Waals surface area contributed by atoms with Gasteiger partial charge in [0, 0.05) is 0 Å². The fourth-order valence-electron chi connectivity index (χ4n) is 1.35. The Balaban J connectivity index is 3.38. The van der Waals surface area contributed by atoms with Gasteiger partial charge in [0.2, 0.25) is 0 Å². The molecule has 0 amide bonds. The Bertz CT molecular complexity index is 518. The lowest BCUT2D eigenvalue weighted by Crippen LogP contribution is -2.20. The number of nitrogens with zero attached hydrogens (tertiary/aromatic N) is 1. The number of hydrogen-bond acceptors (Lipinski definition) is 5. The number of aromatic nitrogens is 1. The molecule has 21 heavy (non-hydrogen) atoms. The lowest BCUT2D eigenvalue weighted by atomic mass is 10.2. The van der Waals surface area contributed by atoms with E-state index in [4.69, 9.17) is 0 Å². The maximum atomic E-state index is 12.8. The first kappa shape index (κ1) is 16.9. The lowest BCUT2D eigenvalue weighted by Gasteiger charge is -2.15. The largest absolute Gasteiger partial charge is 0.574 e. The van der Waals surface area contributed by atoms with E-state index in [1.165, 1.54) is 6.92 Å². The summed E-state index contributed by atoms with van der Waals surface area (Å²) >= 11 is 0. The average Bonchev–Trinajstić information content (AvgIpc) is 2.36. The molecule has 0 aromatic carbocycles. The van der Waals surface area contributed by atoms with Gasteiger partial charge in [-0.15, -0.1) is 13.2 Å². The zero-order valence-corrected chi connectivity index (χ0v) is 10.8. The van der Waals surface area contributed by atoms with Gasteiger partial charge in [0.25, 0.3) is 12.3 Å². The van der Waals surface area contributed by atoms with E-state index in [2.05, 4.69) is 19.2 Å². The Hall–Kier alpha value is -2.13. The number of carbonyl (C=O) groups is 1. The number of carbonyl (C=O) groups excluding carboxylic acids is 1. The zero-order valence-electron chi connectivity index (χ0n) is 10.8. The highest BCUT2D eigenvalue weighted by atomic mass is 19.4. The quantitative estimate of drug-likeness (QED) is 0.617. The van der Waals surface area contributed by atoms with E-state index < -0.39 is 41.6 Å². The highest BCUT2D eigenvalue weighted by Gasteiger charge is 2.35. The number of ether oxygens (including phenoxy) is 3.